The molecule has 0 aliphatic carbocycles. The first-order valence-corrected chi connectivity index (χ1v) is 11.3. The van der Waals surface area contributed by atoms with Gasteiger partial charge in [-0.25, -0.2) is 19.6 Å². The number of nitrogens with zero attached hydrogens (tertiary/aromatic N) is 6. The monoisotopic (exact) mass is 444 g/mol. The predicted molar refractivity (Wildman–Crippen MR) is 125 cm³/mol. The number of aliphatic hydroxyl groups is 1. The van der Waals surface area contributed by atoms with Gasteiger partial charge in [0.1, 0.15) is 17.2 Å². The first-order chi connectivity index (χ1) is 16.0. The Bertz CT molecular complexity index is 1280. The SMILES string of the molecule is COc1nc(-c2nc3n(n2)CCCC3c2ccccc2CC(C)O)ccc1-n1cnc(C)c1. The molecule has 0 saturated heterocycles. The molecule has 1 aromatic carbocycles. The average Bonchev–Trinajstić information content (AvgIpc) is 3.45. The molecule has 0 radical (unpaired) electrons. The summed E-state index contributed by atoms with van der Waals surface area (Å²) in [6.07, 6.45) is 5.95. The molecule has 3 aromatic heterocycles. The zero-order valence-corrected chi connectivity index (χ0v) is 19.1. The van der Waals surface area contributed by atoms with E-state index < -0.39 is 6.10 Å². The Balaban J connectivity index is 1.52. The Morgan fingerprint density at radius 1 is 1.18 bits per heavy atom. The summed E-state index contributed by atoms with van der Waals surface area (Å²) in [4.78, 5) is 13.9. The summed E-state index contributed by atoms with van der Waals surface area (Å²) in [7, 11) is 1.61. The van der Waals surface area contributed by atoms with Gasteiger partial charge in [0.15, 0.2) is 5.82 Å². The normalized spacial score (nSPS) is 16.4. The second kappa shape index (κ2) is 8.78. The number of pyridine rings is 1. The van der Waals surface area contributed by atoms with Crippen molar-refractivity contribution in [3.63, 3.8) is 0 Å². The third-order valence-electron chi connectivity index (χ3n) is 6.07. The molecule has 170 valence electrons. The number of aromatic nitrogens is 6. The minimum atomic E-state index is -0.391. The van der Waals surface area contributed by atoms with E-state index in [1.54, 1.807) is 13.4 Å². The number of hydrogen-bond acceptors (Lipinski definition) is 6. The van der Waals surface area contributed by atoms with Crippen molar-refractivity contribution in [2.75, 3.05) is 7.11 Å². The van der Waals surface area contributed by atoms with E-state index in [2.05, 4.69) is 23.2 Å². The molecular formula is C25H28N6O2. The van der Waals surface area contributed by atoms with Gasteiger partial charge in [0.25, 0.3) is 0 Å². The quantitative estimate of drug-likeness (QED) is 0.488. The number of rotatable bonds is 6. The van der Waals surface area contributed by atoms with E-state index in [1.807, 2.05) is 47.5 Å². The lowest BCUT2D eigenvalue weighted by Crippen LogP contribution is -2.19. The Labute approximate surface area is 192 Å². The molecule has 2 unspecified atom stereocenters. The summed E-state index contributed by atoms with van der Waals surface area (Å²) in [5, 5.41) is 14.8. The van der Waals surface area contributed by atoms with E-state index in [1.165, 1.54) is 5.56 Å². The van der Waals surface area contributed by atoms with Crippen LogP contribution >= 0.6 is 0 Å². The molecule has 8 nitrogen and oxygen atoms in total. The fraction of sp³-hybridized carbons (Fsp3) is 0.360. The fourth-order valence-electron chi connectivity index (χ4n) is 4.59. The van der Waals surface area contributed by atoms with Crippen LogP contribution in [0.15, 0.2) is 48.9 Å². The van der Waals surface area contributed by atoms with Gasteiger partial charge in [0, 0.05) is 18.7 Å². The first kappa shape index (κ1) is 21.3. The third kappa shape index (κ3) is 4.14. The van der Waals surface area contributed by atoms with E-state index in [9.17, 15) is 5.11 Å². The highest BCUT2D eigenvalue weighted by atomic mass is 16.5. The molecule has 8 heteroatoms. The van der Waals surface area contributed by atoms with Crippen LogP contribution < -0.4 is 4.74 Å². The summed E-state index contributed by atoms with van der Waals surface area (Å²) in [5.41, 5.74) is 4.79. The van der Waals surface area contributed by atoms with Crippen LogP contribution in [0.4, 0.5) is 0 Å². The standard InChI is InChI=1S/C25H28N6O2/c1-16-14-30(15-26-16)22-11-10-21(27-25(22)33-3)23-28-24-20(9-6-12-31(24)29-23)19-8-5-4-7-18(19)13-17(2)32/h4-5,7-8,10-11,14-15,17,20,32H,6,9,12-13H2,1-3H3. The maximum atomic E-state index is 9.97. The number of benzene rings is 1. The minimum Gasteiger partial charge on any atom is -0.479 e. The van der Waals surface area contributed by atoms with Crippen molar-refractivity contribution in [3.05, 3.63) is 71.6 Å². The Hall–Kier alpha value is -3.52. The van der Waals surface area contributed by atoms with Gasteiger partial charge in [0.05, 0.1) is 25.2 Å². The number of hydrogen-bond donors (Lipinski definition) is 1. The van der Waals surface area contributed by atoms with E-state index >= 15 is 0 Å². The Morgan fingerprint density at radius 2 is 2.03 bits per heavy atom. The molecule has 4 aromatic rings. The number of fused-ring (bicyclic) bond motifs is 1. The smallest absolute Gasteiger partial charge is 0.238 e. The molecule has 5 rings (SSSR count). The zero-order valence-electron chi connectivity index (χ0n) is 19.1. The average molecular weight is 445 g/mol. The highest BCUT2D eigenvalue weighted by Crippen LogP contribution is 2.36. The largest absolute Gasteiger partial charge is 0.479 e. The van der Waals surface area contributed by atoms with Crippen LogP contribution in [0.1, 0.15) is 48.3 Å². The second-order valence-corrected chi connectivity index (χ2v) is 8.61. The number of ether oxygens (including phenoxy) is 1. The molecule has 0 fully saturated rings. The summed E-state index contributed by atoms with van der Waals surface area (Å²) in [5.74, 6) is 2.18. The summed E-state index contributed by atoms with van der Waals surface area (Å²) >= 11 is 0. The molecule has 1 aliphatic rings. The minimum absolute atomic E-state index is 0.144. The maximum absolute atomic E-state index is 9.97. The lowest BCUT2D eigenvalue weighted by atomic mass is 9.86. The van der Waals surface area contributed by atoms with Crippen molar-refractivity contribution >= 4 is 0 Å². The number of aryl methyl sites for hydroxylation is 2. The molecule has 0 bridgehead atoms. The first-order valence-electron chi connectivity index (χ1n) is 11.3. The number of aliphatic hydroxyl groups excluding tert-OH is 1. The van der Waals surface area contributed by atoms with Crippen molar-refractivity contribution in [1.29, 1.82) is 0 Å². The van der Waals surface area contributed by atoms with Crippen LogP contribution in [0.25, 0.3) is 17.2 Å². The van der Waals surface area contributed by atoms with Crippen molar-refractivity contribution in [2.24, 2.45) is 0 Å². The predicted octanol–water partition coefficient (Wildman–Crippen LogP) is 3.69. The van der Waals surface area contributed by atoms with Crippen LogP contribution in [0.3, 0.4) is 0 Å². The zero-order chi connectivity index (χ0) is 22.9. The summed E-state index contributed by atoms with van der Waals surface area (Å²) in [6.45, 7) is 4.60. The van der Waals surface area contributed by atoms with E-state index in [0.29, 0.717) is 23.8 Å². The third-order valence-corrected chi connectivity index (χ3v) is 6.07. The van der Waals surface area contributed by atoms with Crippen LogP contribution in [0.5, 0.6) is 5.88 Å². The highest BCUT2D eigenvalue weighted by molar-refractivity contribution is 5.55. The fourth-order valence-corrected chi connectivity index (χ4v) is 4.59. The van der Waals surface area contributed by atoms with Crippen LogP contribution in [0, 0.1) is 6.92 Å². The van der Waals surface area contributed by atoms with E-state index in [4.69, 9.17) is 19.8 Å². The second-order valence-electron chi connectivity index (χ2n) is 8.61. The van der Waals surface area contributed by atoms with Crippen molar-refractivity contribution in [2.45, 2.75) is 51.7 Å². The molecule has 4 heterocycles. The maximum Gasteiger partial charge on any atom is 0.238 e. The highest BCUT2D eigenvalue weighted by Gasteiger charge is 2.28. The van der Waals surface area contributed by atoms with Gasteiger partial charge in [0.2, 0.25) is 5.88 Å². The molecule has 0 amide bonds. The molecule has 0 saturated carbocycles. The van der Waals surface area contributed by atoms with Gasteiger partial charge in [-0.15, -0.1) is 5.10 Å². The molecule has 1 N–H and O–H groups in total. The van der Waals surface area contributed by atoms with Gasteiger partial charge < -0.3 is 14.4 Å². The van der Waals surface area contributed by atoms with Gasteiger partial charge >= 0.3 is 0 Å². The lowest BCUT2D eigenvalue weighted by Gasteiger charge is -2.24. The Kier molecular flexibility index (Phi) is 5.68. The van der Waals surface area contributed by atoms with Crippen LogP contribution in [0.2, 0.25) is 0 Å². The summed E-state index contributed by atoms with van der Waals surface area (Å²) < 4.78 is 9.47. The van der Waals surface area contributed by atoms with Gasteiger partial charge in [-0.05, 0) is 56.4 Å². The van der Waals surface area contributed by atoms with Crippen molar-refractivity contribution in [1.82, 2.24) is 29.3 Å². The number of methoxy groups -OCH3 is 1. The van der Waals surface area contributed by atoms with Crippen LogP contribution in [-0.4, -0.2) is 47.6 Å². The van der Waals surface area contributed by atoms with Gasteiger partial charge in [-0.2, -0.15) is 0 Å². The molecule has 33 heavy (non-hydrogen) atoms. The topological polar surface area (TPSA) is 90.9 Å². The summed E-state index contributed by atoms with van der Waals surface area (Å²) in [6, 6.07) is 12.2. The molecule has 0 spiro atoms. The number of imidazole rings is 1. The molecular weight excluding hydrogens is 416 g/mol. The van der Waals surface area contributed by atoms with Gasteiger partial charge in [-0.1, -0.05) is 24.3 Å². The van der Waals surface area contributed by atoms with Crippen molar-refractivity contribution in [3.8, 4) is 23.1 Å². The van der Waals surface area contributed by atoms with Gasteiger partial charge in [-0.3, -0.25) is 0 Å². The molecule has 1 aliphatic heterocycles. The van der Waals surface area contributed by atoms with E-state index in [-0.39, 0.29) is 5.92 Å². The molecule has 2 atom stereocenters. The Morgan fingerprint density at radius 3 is 2.79 bits per heavy atom. The lowest BCUT2D eigenvalue weighted by molar-refractivity contribution is 0.195. The van der Waals surface area contributed by atoms with E-state index in [0.717, 1.165) is 42.2 Å². The van der Waals surface area contributed by atoms with Crippen molar-refractivity contribution < 1.29 is 9.84 Å². The van der Waals surface area contributed by atoms with Crippen LogP contribution in [-0.2, 0) is 13.0 Å².